The fraction of sp³-hybridized carbons (Fsp3) is 0. The predicted octanol–water partition coefficient (Wildman–Crippen LogP) is 5.18. The van der Waals surface area contributed by atoms with Gasteiger partial charge in [0.1, 0.15) is 5.75 Å². The highest BCUT2D eigenvalue weighted by Gasteiger charge is 2.14. The maximum Gasteiger partial charge on any atom is 0.271 e. The van der Waals surface area contributed by atoms with Crippen LogP contribution >= 0.6 is 15.9 Å². The Hall–Kier alpha value is -4.58. The number of phenols is 1. The van der Waals surface area contributed by atoms with Gasteiger partial charge in [-0.3, -0.25) is 10.1 Å². The van der Waals surface area contributed by atoms with E-state index in [1.807, 2.05) is 60.7 Å². The molecule has 4 N–H and O–H groups in total. The van der Waals surface area contributed by atoms with Crippen LogP contribution in [0.3, 0.4) is 0 Å². The number of halogens is 1. The number of nitro groups is 1. The first-order chi connectivity index (χ1) is 16.5. The van der Waals surface area contributed by atoms with Crippen molar-refractivity contribution in [3.05, 3.63) is 92.9 Å². The smallest absolute Gasteiger partial charge is 0.271 e. The minimum atomic E-state index is -0.565. The number of nitrogens with zero attached hydrogens (tertiary/aromatic N) is 5. The number of benzene rings is 3. The molecule has 3 aromatic carbocycles. The van der Waals surface area contributed by atoms with Crippen LogP contribution in [-0.4, -0.2) is 31.2 Å². The van der Waals surface area contributed by atoms with Gasteiger partial charge in [0.25, 0.3) is 5.69 Å². The molecule has 4 aromatic rings. The molecule has 11 nitrogen and oxygen atoms in total. The number of anilines is 5. The zero-order valence-electron chi connectivity index (χ0n) is 17.4. The number of non-ortho nitro benzene ring substituents is 1. The molecule has 0 aliphatic rings. The maximum absolute atomic E-state index is 11.1. The van der Waals surface area contributed by atoms with E-state index >= 15 is 0 Å². The summed E-state index contributed by atoms with van der Waals surface area (Å²) in [6, 6.07) is 21.1. The highest BCUT2D eigenvalue weighted by atomic mass is 79.9. The van der Waals surface area contributed by atoms with E-state index in [1.165, 1.54) is 18.3 Å². The number of nitrogens with one attached hydrogen (secondary N) is 3. The number of phenolic OH excluding ortho intramolecular Hbond substituents is 1. The van der Waals surface area contributed by atoms with Gasteiger partial charge in [0.05, 0.1) is 15.6 Å². The minimum absolute atomic E-state index is 0.104. The van der Waals surface area contributed by atoms with E-state index < -0.39 is 4.92 Å². The summed E-state index contributed by atoms with van der Waals surface area (Å²) in [7, 11) is 0. The Bertz CT molecular complexity index is 1280. The average molecular weight is 521 g/mol. The highest BCUT2D eigenvalue weighted by molar-refractivity contribution is 9.10. The van der Waals surface area contributed by atoms with Crippen molar-refractivity contribution in [1.82, 2.24) is 15.0 Å². The van der Waals surface area contributed by atoms with Crippen molar-refractivity contribution in [2.45, 2.75) is 0 Å². The van der Waals surface area contributed by atoms with E-state index in [0.29, 0.717) is 0 Å². The molecular weight excluding hydrogens is 504 g/mol. The summed E-state index contributed by atoms with van der Waals surface area (Å²) >= 11 is 3.10. The molecule has 0 amide bonds. The lowest BCUT2D eigenvalue weighted by Gasteiger charge is -2.10. The first-order valence-electron chi connectivity index (χ1n) is 9.84. The number of rotatable bonds is 8. The van der Waals surface area contributed by atoms with Crippen molar-refractivity contribution < 1.29 is 10.0 Å². The number of hydrazone groups is 1. The van der Waals surface area contributed by atoms with Crippen LogP contribution in [0.25, 0.3) is 0 Å². The largest absolute Gasteiger partial charge is 0.506 e. The summed E-state index contributed by atoms with van der Waals surface area (Å²) in [5.41, 5.74) is 4.16. The Morgan fingerprint density at radius 1 is 0.882 bits per heavy atom. The van der Waals surface area contributed by atoms with Crippen molar-refractivity contribution in [2.24, 2.45) is 5.10 Å². The molecule has 0 bridgehead atoms. The van der Waals surface area contributed by atoms with Crippen LogP contribution in [0.4, 0.5) is 34.9 Å². The lowest BCUT2D eigenvalue weighted by molar-refractivity contribution is -0.385. The summed E-state index contributed by atoms with van der Waals surface area (Å²) in [5.74, 6) is 0.438. The van der Waals surface area contributed by atoms with Crippen LogP contribution in [-0.2, 0) is 0 Å². The second kappa shape index (κ2) is 10.4. The molecule has 170 valence electrons. The second-order valence-electron chi connectivity index (χ2n) is 6.78. The fourth-order valence-corrected chi connectivity index (χ4v) is 3.27. The number of aromatic nitrogens is 3. The molecule has 0 radical (unpaired) electrons. The van der Waals surface area contributed by atoms with Crippen molar-refractivity contribution in [1.29, 1.82) is 0 Å². The topological polar surface area (TPSA) is 150 Å². The van der Waals surface area contributed by atoms with Crippen LogP contribution < -0.4 is 16.1 Å². The van der Waals surface area contributed by atoms with E-state index in [9.17, 15) is 15.2 Å². The summed E-state index contributed by atoms with van der Waals surface area (Å²) in [6.45, 7) is 0. The third kappa shape index (κ3) is 5.81. The lowest BCUT2D eigenvalue weighted by atomic mass is 10.2. The molecule has 1 aromatic heterocycles. The monoisotopic (exact) mass is 520 g/mol. The van der Waals surface area contributed by atoms with Gasteiger partial charge < -0.3 is 15.7 Å². The maximum atomic E-state index is 11.1. The van der Waals surface area contributed by atoms with Crippen molar-refractivity contribution in [3.8, 4) is 5.75 Å². The van der Waals surface area contributed by atoms with Crippen LogP contribution in [0.2, 0.25) is 0 Å². The quantitative estimate of drug-likeness (QED) is 0.140. The molecule has 4 rings (SSSR count). The molecule has 0 saturated carbocycles. The summed E-state index contributed by atoms with van der Waals surface area (Å²) in [5, 5.41) is 31.5. The SMILES string of the molecule is O=[N+]([O-])c1cc(Br)c(O)c(/C=N\Nc2nc(Nc3ccccc3)nc(Nc3ccccc3)n2)c1. The van der Waals surface area contributed by atoms with Crippen LogP contribution in [0.1, 0.15) is 5.56 Å². The van der Waals surface area contributed by atoms with Crippen LogP contribution in [0.5, 0.6) is 5.75 Å². The molecule has 1 heterocycles. The van der Waals surface area contributed by atoms with E-state index in [1.54, 1.807) is 0 Å². The first-order valence-corrected chi connectivity index (χ1v) is 10.6. The Morgan fingerprint density at radius 2 is 1.41 bits per heavy atom. The van der Waals surface area contributed by atoms with Gasteiger partial charge in [0.15, 0.2) is 0 Å². The number of para-hydroxylation sites is 2. The zero-order valence-corrected chi connectivity index (χ0v) is 19.0. The molecular formula is C22H17BrN8O3. The summed E-state index contributed by atoms with van der Waals surface area (Å²) in [4.78, 5) is 23.5. The minimum Gasteiger partial charge on any atom is -0.506 e. The van der Waals surface area contributed by atoms with E-state index in [2.05, 4.69) is 52.0 Å². The summed E-state index contributed by atoms with van der Waals surface area (Å²) < 4.78 is 0.173. The Kier molecular flexibility index (Phi) is 6.89. The summed E-state index contributed by atoms with van der Waals surface area (Å²) in [6.07, 6.45) is 1.23. The van der Waals surface area contributed by atoms with Gasteiger partial charge in [-0.25, -0.2) is 5.43 Å². The fourth-order valence-electron chi connectivity index (χ4n) is 2.81. The lowest BCUT2D eigenvalue weighted by Crippen LogP contribution is -2.07. The number of aromatic hydroxyl groups is 1. The van der Waals surface area contributed by atoms with E-state index in [4.69, 9.17) is 0 Å². The molecule has 0 unspecified atom stereocenters. The number of hydrogen-bond acceptors (Lipinski definition) is 10. The third-order valence-electron chi connectivity index (χ3n) is 4.35. The van der Waals surface area contributed by atoms with Gasteiger partial charge >= 0.3 is 0 Å². The highest BCUT2D eigenvalue weighted by Crippen LogP contribution is 2.31. The Morgan fingerprint density at radius 3 is 1.94 bits per heavy atom. The van der Waals surface area contributed by atoms with Crippen LogP contribution in [0.15, 0.2) is 82.4 Å². The predicted molar refractivity (Wildman–Crippen MR) is 133 cm³/mol. The zero-order chi connectivity index (χ0) is 23.9. The molecule has 34 heavy (non-hydrogen) atoms. The Labute approximate surface area is 201 Å². The normalized spacial score (nSPS) is 10.7. The van der Waals surface area contributed by atoms with Crippen molar-refractivity contribution in [3.63, 3.8) is 0 Å². The molecule has 12 heteroatoms. The molecule has 0 spiro atoms. The molecule has 0 aliphatic heterocycles. The van der Waals surface area contributed by atoms with Gasteiger partial charge in [0, 0.05) is 29.1 Å². The van der Waals surface area contributed by atoms with Crippen molar-refractivity contribution >= 4 is 57.1 Å². The Balaban J connectivity index is 1.60. The van der Waals surface area contributed by atoms with E-state index in [-0.39, 0.29) is 39.3 Å². The van der Waals surface area contributed by atoms with Gasteiger partial charge in [-0.2, -0.15) is 20.1 Å². The van der Waals surface area contributed by atoms with Gasteiger partial charge in [-0.15, -0.1) is 0 Å². The molecule has 0 fully saturated rings. The standard InChI is InChI=1S/C22H17BrN8O3/c23-18-12-17(31(33)34)11-14(19(18)32)13-24-30-22-28-20(25-15-7-3-1-4-8-15)27-21(29-22)26-16-9-5-2-6-10-16/h1-13,32H,(H3,25,26,27,28,29,30)/b24-13-. The van der Waals surface area contributed by atoms with Gasteiger partial charge in [0.2, 0.25) is 17.8 Å². The molecule has 0 aliphatic carbocycles. The second-order valence-corrected chi connectivity index (χ2v) is 7.64. The van der Waals surface area contributed by atoms with Gasteiger partial charge in [-0.1, -0.05) is 36.4 Å². The van der Waals surface area contributed by atoms with Gasteiger partial charge in [-0.05, 0) is 40.2 Å². The third-order valence-corrected chi connectivity index (χ3v) is 4.96. The number of nitro benzene ring substituents is 1. The molecule has 0 saturated heterocycles. The number of hydrogen-bond donors (Lipinski definition) is 4. The van der Waals surface area contributed by atoms with E-state index in [0.717, 1.165) is 11.4 Å². The molecule has 0 atom stereocenters. The average Bonchev–Trinajstić information content (AvgIpc) is 2.83. The first kappa shape index (κ1) is 22.6. The van der Waals surface area contributed by atoms with Crippen LogP contribution in [0, 0.1) is 10.1 Å². The van der Waals surface area contributed by atoms with Crippen molar-refractivity contribution in [2.75, 3.05) is 16.1 Å².